The van der Waals surface area contributed by atoms with E-state index >= 15 is 0 Å². The molecule has 0 amide bonds. The first-order valence-electron chi connectivity index (χ1n) is 12.6. The topological polar surface area (TPSA) is 101 Å². The van der Waals surface area contributed by atoms with E-state index in [9.17, 15) is 60.7 Å². The number of rotatable bonds is 6. The van der Waals surface area contributed by atoms with Crippen molar-refractivity contribution in [3.63, 3.8) is 0 Å². The van der Waals surface area contributed by atoms with Crippen LogP contribution in [0.1, 0.15) is 35.9 Å². The van der Waals surface area contributed by atoms with Gasteiger partial charge in [-0.3, -0.25) is 5.41 Å². The Morgan fingerprint density at radius 3 is 1.78 bits per heavy atom. The molecule has 248 valence electrons. The molecule has 1 aromatic heterocycles. The third kappa shape index (κ3) is 5.72. The lowest BCUT2D eigenvalue weighted by atomic mass is 9.95. The zero-order valence-electron chi connectivity index (χ0n) is 23.6. The molecule has 7 nitrogen and oxygen atoms in total. The lowest BCUT2D eigenvalue weighted by Gasteiger charge is -2.28. The Morgan fingerprint density at radius 1 is 0.800 bits per heavy atom. The Labute approximate surface area is 250 Å². The monoisotopic (exact) mass is 696 g/mol. The molecule has 0 atom stereocenters. The standard InChI is InChI=1S/C17H7F10NO4S2.C9H17N2/c18-14(19,20)16(24,25)33(29,30)11-6-9-8-4-2-1-3-7(8)5-10(9)12(28)13(11)34(31,32)17(26,27)15(21,22)23;1-5-6-11-9(3)7-8(2)10(11)4/h1-6,28H;7H,5-6H2,1-4H3/q;+1. The molecule has 2 aliphatic carbocycles. The van der Waals surface area contributed by atoms with E-state index in [-0.39, 0.29) is 17.2 Å². The van der Waals surface area contributed by atoms with Gasteiger partial charge in [0.15, 0.2) is 7.05 Å². The van der Waals surface area contributed by atoms with Crippen molar-refractivity contribution in [2.45, 2.75) is 56.6 Å². The first kappa shape index (κ1) is 36.0. The molecule has 2 aliphatic rings. The number of allylic oxidation sites excluding steroid dienone is 4. The highest BCUT2D eigenvalue weighted by Crippen LogP contribution is 2.52. The number of aryl methyl sites for hydroxylation is 2. The fourth-order valence-electron chi connectivity index (χ4n) is 4.52. The molecule has 0 saturated carbocycles. The molecular formula is C26H24F10N3O4S2+. The van der Waals surface area contributed by atoms with Crippen LogP contribution < -0.4 is 4.68 Å². The average molecular weight is 697 g/mol. The lowest BCUT2D eigenvalue weighted by Crippen LogP contribution is -2.48. The summed E-state index contributed by atoms with van der Waals surface area (Å²) in [5.74, 6) is 0. The van der Waals surface area contributed by atoms with Crippen molar-refractivity contribution in [3.8, 4) is 0 Å². The molecule has 0 saturated heterocycles. The Hall–Kier alpha value is -3.48. The Bertz CT molecular complexity index is 1870. The summed E-state index contributed by atoms with van der Waals surface area (Å²) in [6.45, 7) is 7.62. The molecule has 19 heteroatoms. The van der Waals surface area contributed by atoms with Crippen LogP contribution in [0.5, 0.6) is 0 Å². The zero-order valence-corrected chi connectivity index (χ0v) is 25.2. The summed E-state index contributed by atoms with van der Waals surface area (Å²) < 4.78 is 186. The van der Waals surface area contributed by atoms with Crippen LogP contribution in [-0.4, -0.2) is 50.1 Å². The summed E-state index contributed by atoms with van der Waals surface area (Å²) in [4.78, 5) is -5.57. The molecule has 0 aliphatic heterocycles. The maximum atomic E-state index is 13.9. The predicted molar refractivity (Wildman–Crippen MR) is 142 cm³/mol. The minimum atomic E-state index is -7.40. The third-order valence-corrected chi connectivity index (χ3v) is 10.7. The van der Waals surface area contributed by atoms with Gasteiger partial charge in [0.25, 0.3) is 19.7 Å². The van der Waals surface area contributed by atoms with Crippen LogP contribution in [0.4, 0.5) is 43.9 Å². The number of benzene rings is 1. The van der Waals surface area contributed by atoms with Crippen LogP contribution in [0, 0.1) is 19.3 Å². The molecule has 0 bridgehead atoms. The van der Waals surface area contributed by atoms with Gasteiger partial charge in [0, 0.05) is 18.6 Å². The van der Waals surface area contributed by atoms with Crippen LogP contribution in [0.3, 0.4) is 0 Å². The number of alkyl halides is 10. The highest BCUT2D eigenvalue weighted by atomic mass is 32.2. The fraction of sp³-hybridized carbons (Fsp3) is 0.385. The summed E-state index contributed by atoms with van der Waals surface area (Å²) in [5.41, 5.74) is -0.797. The minimum Gasteiger partial charge on any atom is -0.299 e. The molecule has 1 heterocycles. The quantitative estimate of drug-likeness (QED) is 0.288. The van der Waals surface area contributed by atoms with E-state index in [0.717, 1.165) is 18.7 Å². The van der Waals surface area contributed by atoms with E-state index in [1.807, 2.05) is 0 Å². The number of aromatic nitrogens is 2. The van der Waals surface area contributed by atoms with E-state index in [0.29, 0.717) is 0 Å². The van der Waals surface area contributed by atoms with Crippen LogP contribution in [-0.2, 0) is 33.3 Å². The lowest BCUT2D eigenvalue weighted by molar-refractivity contribution is -0.759. The zero-order chi connectivity index (χ0) is 34.7. The van der Waals surface area contributed by atoms with Crippen molar-refractivity contribution in [2.75, 3.05) is 0 Å². The second-order valence-electron chi connectivity index (χ2n) is 9.88. The number of hydrogen-bond acceptors (Lipinski definition) is 5. The Balaban J connectivity index is 0.000000423. The number of nitrogens with zero attached hydrogens (tertiary/aromatic N) is 2. The third-order valence-electron chi connectivity index (χ3n) is 6.86. The first-order chi connectivity index (χ1) is 20.3. The second-order valence-corrected chi connectivity index (χ2v) is 13.8. The van der Waals surface area contributed by atoms with Gasteiger partial charge in [0.2, 0.25) is 5.69 Å². The summed E-state index contributed by atoms with van der Waals surface area (Å²) in [7, 11) is -12.6. The normalized spacial score (nSPS) is 16.1. The Morgan fingerprint density at radius 2 is 1.31 bits per heavy atom. The molecule has 0 fully saturated rings. The van der Waals surface area contributed by atoms with Crippen LogP contribution in [0.25, 0.3) is 11.6 Å². The highest BCUT2D eigenvalue weighted by molar-refractivity contribution is 8.01. The summed E-state index contributed by atoms with van der Waals surface area (Å²) in [6.07, 6.45) is -12.0. The van der Waals surface area contributed by atoms with Gasteiger partial charge >= 0.3 is 22.9 Å². The number of sulfone groups is 2. The van der Waals surface area contributed by atoms with Crippen LogP contribution in [0.2, 0.25) is 0 Å². The van der Waals surface area contributed by atoms with Gasteiger partial charge in [0.05, 0.1) is 22.9 Å². The van der Waals surface area contributed by atoms with E-state index in [2.05, 4.69) is 43.2 Å². The second kappa shape index (κ2) is 11.4. The summed E-state index contributed by atoms with van der Waals surface area (Å²) in [6, 6.07) is 7.16. The molecule has 0 radical (unpaired) electrons. The molecule has 45 heavy (non-hydrogen) atoms. The maximum absolute atomic E-state index is 13.9. The number of hydrogen-bond donors (Lipinski definition) is 1. The number of fused-ring (bicyclic) bond motifs is 3. The molecule has 1 N–H and O–H groups in total. The van der Waals surface area contributed by atoms with Crippen molar-refractivity contribution < 1.29 is 65.4 Å². The molecule has 2 aromatic rings. The van der Waals surface area contributed by atoms with Gasteiger partial charge in [-0.1, -0.05) is 31.2 Å². The minimum absolute atomic E-state index is 0.0223. The van der Waals surface area contributed by atoms with Crippen molar-refractivity contribution in [1.82, 2.24) is 4.68 Å². The van der Waals surface area contributed by atoms with Gasteiger partial charge in [-0.15, -0.1) is 4.68 Å². The van der Waals surface area contributed by atoms with E-state index in [1.165, 1.54) is 36.0 Å². The SMILES string of the molecule is CCCn1c(C)cc(C)[n+]1C.N=C1C2=Cc3ccccc3C2=CC(S(=O)(=O)C(F)(F)C(F)(F)F)=C1S(=O)(=O)C(F)(F)C(F)(F)F. The molecule has 1 aromatic carbocycles. The van der Waals surface area contributed by atoms with E-state index in [4.69, 9.17) is 5.41 Å². The largest absolute Gasteiger partial charge is 0.469 e. The van der Waals surface area contributed by atoms with Crippen molar-refractivity contribution >= 4 is 37.0 Å². The highest BCUT2D eigenvalue weighted by Gasteiger charge is 2.72. The van der Waals surface area contributed by atoms with Crippen LogP contribution in [0.15, 0.2) is 51.8 Å². The maximum Gasteiger partial charge on any atom is 0.469 e. The van der Waals surface area contributed by atoms with Gasteiger partial charge < -0.3 is 0 Å². The average Bonchev–Trinajstić information content (AvgIpc) is 3.39. The van der Waals surface area contributed by atoms with Gasteiger partial charge in [-0.25, -0.2) is 16.8 Å². The van der Waals surface area contributed by atoms with E-state index < -0.39 is 69.2 Å². The predicted octanol–water partition coefficient (Wildman–Crippen LogP) is 6.19. The van der Waals surface area contributed by atoms with Gasteiger partial charge in [-0.05, 0) is 42.2 Å². The molecular weight excluding hydrogens is 672 g/mol. The Kier molecular flexibility index (Phi) is 9.12. The molecule has 4 rings (SSSR count). The van der Waals surface area contributed by atoms with E-state index in [1.54, 1.807) is 0 Å². The molecule has 0 unspecified atom stereocenters. The fourth-order valence-corrected chi connectivity index (χ4v) is 7.65. The van der Waals surface area contributed by atoms with Gasteiger partial charge in [0.1, 0.15) is 4.91 Å². The summed E-state index contributed by atoms with van der Waals surface area (Å²) in [5, 5.41) is -5.85. The van der Waals surface area contributed by atoms with Crippen molar-refractivity contribution in [1.29, 1.82) is 5.41 Å². The van der Waals surface area contributed by atoms with Gasteiger partial charge in [-0.2, -0.15) is 48.6 Å². The number of halogens is 10. The smallest absolute Gasteiger partial charge is 0.299 e. The van der Waals surface area contributed by atoms with Crippen LogP contribution >= 0.6 is 0 Å². The molecule has 0 spiro atoms. The summed E-state index contributed by atoms with van der Waals surface area (Å²) >= 11 is 0. The first-order valence-corrected chi connectivity index (χ1v) is 15.5. The van der Waals surface area contributed by atoms with Crippen molar-refractivity contribution in [3.05, 3.63) is 74.3 Å². The van der Waals surface area contributed by atoms with Crippen molar-refractivity contribution in [2.24, 2.45) is 7.05 Å². The number of nitrogens with one attached hydrogen (secondary N) is 1.